The van der Waals surface area contributed by atoms with Gasteiger partial charge in [-0.2, -0.15) is 0 Å². The lowest BCUT2D eigenvalue weighted by molar-refractivity contribution is -0.132. The Morgan fingerprint density at radius 3 is 2.55 bits per heavy atom. The van der Waals surface area contributed by atoms with Gasteiger partial charge in [-0.25, -0.2) is 0 Å². The van der Waals surface area contributed by atoms with Gasteiger partial charge in [-0.15, -0.1) is 13.2 Å². The molecule has 20 heavy (non-hydrogen) atoms. The Bertz CT molecular complexity index is 301. The number of piperidine rings is 1. The van der Waals surface area contributed by atoms with Gasteiger partial charge < -0.3 is 10.2 Å². The van der Waals surface area contributed by atoms with Crippen molar-refractivity contribution in [2.24, 2.45) is 0 Å². The van der Waals surface area contributed by atoms with E-state index in [2.05, 4.69) is 30.3 Å². The zero-order valence-corrected chi connectivity index (χ0v) is 12.8. The molecule has 0 aromatic carbocycles. The van der Waals surface area contributed by atoms with Gasteiger partial charge in [0.2, 0.25) is 5.91 Å². The molecule has 1 fully saturated rings. The largest absolute Gasteiger partial charge is 0.334 e. The number of nitrogens with one attached hydrogen (secondary N) is 1. The van der Waals surface area contributed by atoms with Crippen LogP contribution in [0.15, 0.2) is 25.3 Å². The average Bonchev–Trinajstić information content (AvgIpc) is 2.47. The molecule has 1 unspecified atom stereocenters. The summed E-state index contributed by atoms with van der Waals surface area (Å²) >= 11 is 0. The molecule has 1 saturated heterocycles. The number of rotatable bonds is 9. The number of hydrogen-bond acceptors (Lipinski definition) is 3. The first kappa shape index (κ1) is 16.9. The van der Waals surface area contributed by atoms with Gasteiger partial charge in [-0.05, 0) is 32.4 Å². The summed E-state index contributed by atoms with van der Waals surface area (Å²) in [7, 11) is 0. The minimum absolute atomic E-state index is 0.170. The molecule has 1 atom stereocenters. The Hall–Kier alpha value is -1.13. The van der Waals surface area contributed by atoms with Crippen molar-refractivity contribution in [3.05, 3.63) is 25.3 Å². The fraction of sp³-hybridized carbons (Fsp3) is 0.688. The molecule has 0 aromatic rings. The van der Waals surface area contributed by atoms with E-state index < -0.39 is 0 Å². The fourth-order valence-corrected chi connectivity index (χ4v) is 2.69. The van der Waals surface area contributed by atoms with Crippen LogP contribution in [0.4, 0.5) is 0 Å². The van der Waals surface area contributed by atoms with Crippen molar-refractivity contribution < 1.29 is 4.79 Å². The highest BCUT2D eigenvalue weighted by Crippen LogP contribution is 2.11. The molecular formula is C16H29N3O. The maximum Gasteiger partial charge on any atom is 0.237 e. The lowest BCUT2D eigenvalue weighted by atomic mass is 10.1. The van der Waals surface area contributed by atoms with E-state index in [-0.39, 0.29) is 5.91 Å². The topological polar surface area (TPSA) is 35.6 Å². The summed E-state index contributed by atoms with van der Waals surface area (Å²) in [5, 5.41) is 3.43. The molecule has 0 radical (unpaired) electrons. The number of nitrogens with zero attached hydrogens (tertiary/aromatic N) is 2. The Morgan fingerprint density at radius 1 is 1.35 bits per heavy atom. The summed E-state index contributed by atoms with van der Waals surface area (Å²) in [6.45, 7) is 14.4. The molecule has 1 aliphatic heterocycles. The third-order valence-electron chi connectivity index (χ3n) is 3.69. The Morgan fingerprint density at radius 2 is 2.05 bits per heavy atom. The predicted molar refractivity (Wildman–Crippen MR) is 84.7 cm³/mol. The van der Waals surface area contributed by atoms with Crippen molar-refractivity contribution >= 4 is 5.91 Å². The van der Waals surface area contributed by atoms with Crippen LogP contribution in [0.1, 0.15) is 26.2 Å². The highest BCUT2D eigenvalue weighted by atomic mass is 16.2. The van der Waals surface area contributed by atoms with Crippen molar-refractivity contribution in [1.29, 1.82) is 0 Å². The summed E-state index contributed by atoms with van der Waals surface area (Å²) in [6.07, 6.45) is 7.00. The van der Waals surface area contributed by atoms with E-state index in [1.54, 1.807) is 17.1 Å². The predicted octanol–water partition coefficient (Wildman–Crippen LogP) is 1.65. The number of amides is 1. The molecule has 0 saturated carbocycles. The normalized spacial score (nSPS) is 18.8. The van der Waals surface area contributed by atoms with Crippen LogP contribution < -0.4 is 5.32 Å². The van der Waals surface area contributed by atoms with Gasteiger partial charge in [0.1, 0.15) is 0 Å². The van der Waals surface area contributed by atoms with Crippen LogP contribution in [-0.2, 0) is 4.79 Å². The smallest absolute Gasteiger partial charge is 0.237 e. The van der Waals surface area contributed by atoms with Crippen molar-refractivity contribution in [1.82, 2.24) is 15.1 Å². The molecule has 0 aromatic heterocycles. The number of carbonyl (C=O) groups excluding carboxylic acids is 1. The van der Waals surface area contributed by atoms with Crippen molar-refractivity contribution in [2.75, 3.05) is 39.3 Å². The van der Waals surface area contributed by atoms with Gasteiger partial charge >= 0.3 is 0 Å². The van der Waals surface area contributed by atoms with Gasteiger partial charge in [0, 0.05) is 25.7 Å². The number of carbonyl (C=O) groups is 1. The Balaban J connectivity index is 2.59. The van der Waals surface area contributed by atoms with Crippen LogP contribution >= 0.6 is 0 Å². The molecule has 1 heterocycles. The molecule has 1 aliphatic rings. The molecule has 4 heteroatoms. The summed E-state index contributed by atoms with van der Waals surface area (Å²) in [5.41, 5.74) is 0. The van der Waals surface area contributed by atoms with Crippen LogP contribution in [0, 0.1) is 0 Å². The van der Waals surface area contributed by atoms with E-state index in [1.807, 2.05) is 0 Å². The van der Waals surface area contributed by atoms with Gasteiger partial charge in [0.15, 0.2) is 0 Å². The van der Waals surface area contributed by atoms with E-state index in [4.69, 9.17) is 0 Å². The van der Waals surface area contributed by atoms with Gasteiger partial charge in [0.05, 0.1) is 6.54 Å². The first-order valence-corrected chi connectivity index (χ1v) is 7.67. The van der Waals surface area contributed by atoms with Crippen LogP contribution in [0.5, 0.6) is 0 Å². The molecule has 114 valence electrons. The van der Waals surface area contributed by atoms with Gasteiger partial charge in [0.25, 0.3) is 0 Å². The molecule has 0 spiro atoms. The second kappa shape index (κ2) is 9.72. The SMILES string of the molecule is C=CCN(CC=C)C(=O)CN(CCC)C1CCCNC1. The minimum Gasteiger partial charge on any atom is -0.334 e. The summed E-state index contributed by atoms with van der Waals surface area (Å²) in [4.78, 5) is 16.6. The van der Waals surface area contributed by atoms with Gasteiger partial charge in [-0.3, -0.25) is 9.69 Å². The lowest BCUT2D eigenvalue weighted by Crippen LogP contribution is -2.50. The second-order valence-corrected chi connectivity index (χ2v) is 5.35. The Kier molecular flexibility index (Phi) is 8.23. The van der Waals surface area contributed by atoms with Crippen molar-refractivity contribution in [3.8, 4) is 0 Å². The van der Waals surface area contributed by atoms with Crippen LogP contribution in [0.2, 0.25) is 0 Å². The third-order valence-corrected chi connectivity index (χ3v) is 3.69. The first-order valence-electron chi connectivity index (χ1n) is 7.67. The maximum atomic E-state index is 12.4. The van der Waals surface area contributed by atoms with Crippen LogP contribution in [-0.4, -0.2) is 61.0 Å². The second-order valence-electron chi connectivity index (χ2n) is 5.35. The monoisotopic (exact) mass is 279 g/mol. The fourth-order valence-electron chi connectivity index (χ4n) is 2.69. The molecule has 1 rings (SSSR count). The summed E-state index contributed by atoms with van der Waals surface area (Å²) in [6, 6.07) is 0.488. The standard InChI is InChI=1S/C16H29N3O/c1-4-10-18(11-5-2)16(20)14-19(12-6-3)15-8-7-9-17-13-15/h4-5,15,17H,1-2,6-14H2,3H3. The molecule has 1 N–H and O–H groups in total. The molecule has 0 bridgehead atoms. The van der Waals surface area contributed by atoms with E-state index in [9.17, 15) is 4.79 Å². The molecule has 4 nitrogen and oxygen atoms in total. The first-order chi connectivity index (χ1) is 9.72. The van der Waals surface area contributed by atoms with E-state index in [1.165, 1.54) is 12.8 Å². The van der Waals surface area contributed by atoms with Crippen LogP contribution in [0.25, 0.3) is 0 Å². The Labute approximate surface area is 123 Å². The summed E-state index contributed by atoms with van der Waals surface area (Å²) < 4.78 is 0. The third kappa shape index (κ3) is 5.47. The number of hydrogen-bond donors (Lipinski definition) is 1. The molecule has 0 aliphatic carbocycles. The van der Waals surface area contributed by atoms with Crippen molar-refractivity contribution in [3.63, 3.8) is 0 Å². The quantitative estimate of drug-likeness (QED) is 0.652. The van der Waals surface area contributed by atoms with E-state index in [0.29, 0.717) is 25.7 Å². The maximum absolute atomic E-state index is 12.4. The average molecular weight is 279 g/mol. The molecule has 1 amide bonds. The van der Waals surface area contributed by atoms with Gasteiger partial charge in [-0.1, -0.05) is 19.1 Å². The lowest BCUT2D eigenvalue weighted by Gasteiger charge is -2.35. The van der Waals surface area contributed by atoms with E-state index in [0.717, 1.165) is 26.1 Å². The molecular weight excluding hydrogens is 250 g/mol. The zero-order chi connectivity index (χ0) is 14.8. The van der Waals surface area contributed by atoms with Crippen molar-refractivity contribution in [2.45, 2.75) is 32.2 Å². The summed E-state index contributed by atoms with van der Waals surface area (Å²) in [5.74, 6) is 0.170. The van der Waals surface area contributed by atoms with Crippen LogP contribution in [0.3, 0.4) is 0 Å². The van der Waals surface area contributed by atoms with E-state index >= 15 is 0 Å². The highest BCUT2D eigenvalue weighted by molar-refractivity contribution is 5.78. The highest BCUT2D eigenvalue weighted by Gasteiger charge is 2.23. The zero-order valence-electron chi connectivity index (χ0n) is 12.8. The minimum atomic E-state index is 0.170.